The largest absolute Gasteiger partial charge is 0.366 e. The Morgan fingerprint density at radius 2 is 2.24 bits per heavy atom. The molecule has 0 aliphatic heterocycles. The molecule has 0 saturated heterocycles. The van der Waals surface area contributed by atoms with Gasteiger partial charge in [-0.05, 0) is 19.6 Å². The lowest BCUT2D eigenvalue weighted by Crippen LogP contribution is -2.20. The minimum absolute atomic E-state index is 0.199. The van der Waals surface area contributed by atoms with Gasteiger partial charge in [0.2, 0.25) is 0 Å². The van der Waals surface area contributed by atoms with Gasteiger partial charge in [0.1, 0.15) is 16.8 Å². The molecule has 94 valence electrons. The Labute approximate surface area is 111 Å². The first-order valence-electron chi connectivity index (χ1n) is 5.42. The molecule has 0 radical (unpaired) electrons. The van der Waals surface area contributed by atoms with Crippen molar-refractivity contribution in [2.75, 3.05) is 16.8 Å². The number of hydrogen-bond donors (Lipinski definition) is 1. The van der Waals surface area contributed by atoms with Crippen molar-refractivity contribution in [3.63, 3.8) is 0 Å². The number of halogens is 1. The monoisotopic (exact) mass is 273 g/mol. The Morgan fingerprint density at radius 3 is 2.82 bits per heavy atom. The Hall–Kier alpha value is -0.810. The summed E-state index contributed by atoms with van der Waals surface area (Å²) in [6, 6.07) is 0.226. The standard InChI is InChI=1S/C11H16ClN3OS/c1-4-17-6-7(2)13-11-9(5-16)10(12)14-8(3)15-11/h5,7H,4,6H2,1-3H3,(H,13,14,15). The van der Waals surface area contributed by atoms with Crippen LogP contribution in [0.15, 0.2) is 0 Å². The van der Waals surface area contributed by atoms with Crippen molar-refractivity contribution in [1.29, 1.82) is 0 Å². The summed E-state index contributed by atoms with van der Waals surface area (Å²) in [6.45, 7) is 5.90. The van der Waals surface area contributed by atoms with E-state index in [0.717, 1.165) is 11.5 Å². The molecule has 1 N–H and O–H groups in total. The Morgan fingerprint density at radius 1 is 1.53 bits per heavy atom. The second-order valence-corrected chi connectivity index (χ2v) is 5.32. The van der Waals surface area contributed by atoms with E-state index in [4.69, 9.17) is 11.6 Å². The van der Waals surface area contributed by atoms with Gasteiger partial charge in [0.15, 0.2) is 6.29 Å². The highest BCUT2D eigenvalue weighted by molar-refractivity contribution is 7.99. The smallest absolute Gasteiger partial charge is 0.156 e. The van der Waals surface area contributed by atoms with E-state index in [9.17, 15) is 4.79 Å². The highest BCUT2D eigenvalue weighted by Crippen LogP contribution is 2.20. The molecule has 0 aliphatic carbocycles. The fourth-order valence-electron chi connectivity index (χ4n) is 1.33. The third-order valence-electron chi connectivity index (χ3n) is 2.08. The van der Waals surface area contributed by atoms with Crippen molar-refractivity contribution < 1.29 is 4.79 Å². The van der Waals surface area contributed by atoms with Crippen molar-refractivity contribution in [2.24, 2.45) is 0 Å². The first-order chi connectivity index (χ1) is 8.08. The van der Waals surface area contributed by atoms with E-state index in [1.54, 1.807) is 6.92 Å². The fraction of sp³-hybridized carbons (Fsp3) is 0.545. The first-order valence-corrected chi connectivity index (χ1v) is 6.95. The van der Waals surface area contributed by atoms with Crippen molar-refractivity contribution in [3.05, 3.63) is 16.5 Å². The second kappa shape index (κ2) is 6.81. The maximum atomic E-state index is 10.9. The number of carbonyl (C=O) groups is 1. The summed E-state index contributed by atoms with van der Waals surface area (Å²) in [7, 11) is 0. The summed E-state index contributed by atoms with van der Waals surface area (Å²) in [5.41, 5.74) is 0.325. The number of nitrogens with zero attached hydrogens (tertiary/aromatic N) is 2. The van der Waals surface area contributed by atoms with Crippen LogP contribution < -0.4 is 5.32 Å². The van der Waals surface area contributed by atoms with Gasteiger partial charge in [0, 0.05) is 11.8 Å². The molecule has 0 bridgehead atoms. The topological polar surface area (TPSA) is 54.9 Å². The van der Waals surface area contributed by atoms with Crippen LogP contribution in [0, 0.1) is 6.92 Å². The molecule has 0 aromatic carbocycles. The number of aldehydes is 1. The van der Waals surface area contributed by atoms with Crippen molar-refractivity contribution in [1.82, 2.24) is 9.97 Å². The maximum absolute atomic E-state index is 10.9. The zero-order valence-electron chi connectivity index (χ0n) is 10.2. The van der Waals surface area contributed by atoms with E-state index < -0.39 is 0 Å². The fourth-order valence-corrected chi connectivity index (χ4v) is 2.26. The third-order valence-corrected chi connectivity index (χ3v) is 3.52. The van der Waals surface area contributed by atoms with Crippen LogP contribution in [0.1, 0.15) is 30.0 Å². The lowest BCUT2D eigenvalue weighted by Gasteiger charge is -2.15. The van der Waals surface area contributed by atoms with E-state index in [-0.39, 0.29) is 11.2 Å². The van der Waals surface area contributed by atoms with Gasteiger partial charge >= 0.3 is 0 Å². The minimum Gasteiger partial charge on any atom is -0.366 e. The number of thioether (sulfide) groups is 1. The van der Waals surface area contributed by atoms with Gasteiger partial charge in [-0.25, -0.2) is 9.97 Å². The number of hydrogen-bond acceptors (Lipinski definition) is 5. The van der Waals surface area contributed by atoms with Crippen molar-refractivity contribution in [2.45, 2.75) is 26.8 Å². The summed E-state index contributed by atoms with van der Waals surface area (Å²) in [5, 5.41) is 3.39. The zero-order chi connectivity index (χ0) is 12.8. The van der Waals surface area contributed by atoms with Crippen LogP contribution in [0.2, 0.25) is 5.15 Å². The average molecular weight is 274 g/mol. The predicted octanol–water partition coefficient (Wildman–Crippen LogP) is 2.80. The molecular weight excluding hydrogens is 258 g/mol. The van der Waals surface area contributed by atoms with Crippen LogP contribution in [0.4, 0.5) is 5.82 Å². The molecule has 0 fully saturated rings. The van der Waals surface area contributed by atoms with Gasteiger partial charge in [-0.2, -0.15) is 11.8 Å². The van der Waals surface area contributed by atoms with E-state index >= 15 is 0 Å². The molecule has 1 atom stereocenters. The van der Waals surface area contributed by atoms with Crippen molar-refractivity contribution in [3.8, 4) is 0 Å². The molecule has 1 heterocycles. The SMILES string of the molecule is CCSCC(C)Nc1nc(C)nc(Cl)c1C=O. The molecule has 0 saturated carbocycles. The Kier molecular flexibility index (Phi) is 5.71. The van der Waals surface area contributed by atoms with Gasteiger partial charge < -0.3 is 5.32 Å². The Bertz CT molecular complexity index is 401. The van der Waals surface area contributed by atoms with Crippen LogP contribution in [-0.4, -0.2) is 33.8 Å². The lowest BCUT2D eigenvalue weighted by molar-refractivity contribution is 0.112. The van der Waals surface area contributed by atoms with Gasteiger partial charge in [0.25, 0.3) is 0 Å². The lowest BCUT2D eigenvalue weighted by atomic mass is 10.3. The van der Waals surface area contributed by atoms with E-state index in [1.807, 2.05) is 18.7 Å². The third kappa shape index (κ3) is 4.16. The maximum Gasteiger partial charge on any atom is 0.156 e. The number of aromatic nitrogens is 2. The quantitative estimate of drug-likeness (QED) is 0.638. The number of aryl methyl sites for hydroxylation is 1. The van der Waals surface area contributed by atoms with Crippen LogP contribution >= 0.6 is 23.4 Å². The number of carbonyl (C=O) groups excluding carboxylic acids is 1. The normalized spacial score (nSPS) is 12.2. The molecule has 4 nitrogen and oxygen atoms in total. The highest BCUT2D eigenvalue weighted by atomic mass is 35.5. The molecule has 17 heavy (non-hydrogen) atoms. The molecule has 1 rings (SSSR count). The van der Waals surface area contributed by atoms with Gasteiger partial charge in [-0.3, -0.25) is 4.79 Å². The Balaban J connectivity index is 2.85. The van der Waals surface area contributed by atoms with Crippen molar-refractivity contribution >= 4 is 35.5 Å². The van der Waals surface area contributed by atoms with E-state index in [2.05, 4.69) is 22.2 Å². The van der Waals surface area contributed by atoms with Crippen LogP contribution in [0.5, 0.6) is 0 Å². The van der Waals surface area contributed by atoms with Gasteiger partial charge in [-0.15, -0.1) is 0 Å². The second-order valence-electron chi connectivity index (χ2n) is 3.65. The highest BCUT2D eigenvalue weighted by Gasteiger charge is 2.12. The molecule has 6 heteroatoms. The summed E-state index contributed by atoms with van der Waals surface area (Å²) in [6.07, 6.45) is 0.684. The molecule has 0 amide bonds. The molecule has 1 aromatic heterocycles. The van der Waals surface area contributed by atoms with E-state index in [0.29, 0.717) is 23.5 Å². The molecule has 1 unspecified atom stereocenters. The molecule has 0 spiro atoms. The zero-order valence-corrected chi connectivity index (χ0v) is 11.7. The molecule has 0 aliphatic rings. The van der Waals surface area contributed by atoms with Gasteiger partial charge in [0.05, 0.1) is 5.56 Å². The molecule has 1 aromatic rings. The van der Waals surface area contributed by atoms with Crippen LogP contribution in [0.3, 0.4) is 0 Å². The first kappa shape index (κ1) is 14.3. The summed E-state index contributed by atoms with van der Waals surface area (Å²) in [4.78, 5) is 19.1. The summed E-state index contributed by atoms with van der Waals surface area (Å²) < 4.78 is 0. The van der Waals surface area contributed by atoms with Crippen LogP contribution in [0.25, 0.3) is 0 Å². The number of nitrogens with one attached hydrogen (secondary N) is 1. The van der Waals surface area contributed by atoms with Gasteiger partial charge in [-0.1, -0.05) is 18.5 Å². The summed E-state index contributed by atoms with van der Waals surface area (Å²) in [5.74, 6) is 3.09. The summed E-state index contributed by atoms with van der Waals surface area (Å²) >= 11 is 7.73. The average Bonchev–Trinajstić information content (AvgIpc) is 2.25. The predicted molar refractivity (Wildman–Crippen MR) is 73.3 cm³/mol. The van der Waals surface area contributed by atoms with E-state index in [1.165, 1.54) is 0 Å². The minimum atomic E-state index is 0.199. The number of rotatable bonds is 6. The number of anilines is 1. The molecular formula is C11H16ClN3OS. The van der Waals surface area contributed by atoms with Crippen LogP contribution in [-0.2, 0) is 0 Å².